The van der Waals surface area contributed by atoms with Crippen LogP contribution in [0.4, 0.5) is 4.39 Å². The maximum Gasteiger partial charge on any atom is 0.132 e. The largest absolute Gasteiger partial charge is 0.497 e. The van der Waals surface area contributed by atoms with E-state index in [2.05, 4.69) is 37.2 Å². The van der Waals surface area contributed by atoms with Gasteiger partial charge in [-0.15, -0.1) is 0 Å². The van der Waals surface area contributed by atoms with E-state index in [9.17, 15) is 4.39 Å². The average Bonchev–Trinajstić information content (AvgIpc) is 2.46. The molecule has 2 nitrogen and oxygen atoms in total. The van der Waals surface area contributed by atoms with Gasteiger partial charge in [0.15, 0.2) is 0 Å². The zero-order chi connectivity index (χ0) is 15.4. The molecule has 0 bridgehead atoms. The summed E-state index contributed by atoms with van der Waals surface area (Å²) >= 11 is 6.98. The Labute approximate surface area is 141 Å². The summed E-state index contributed by atoms with van der Waals surface area (Å²) in [5.41, 5.74) is 1.59. The van der Waals surface area contributed by atoms with Crippen LogP contribution in [0.15, 0.2) is 45.3 Å². The standard InChI is InChI=1S/C16H16Br2FNO/c1-3-20-16(12-6-4-10(17)8-14(12)18)13-7-5-11(21-2)9-15(13)19/h4-9,16,20H,3H2,1-2H3. The lowest BCUT2D eigenvalue weighted by Gasteiger charge is -2.21. The van der Waals surface area contributed by atoms with Crippen LogP contribution in [0.1, 0.15) is 24.1 Å². The van der Waals surface area contributed by atoms with Crippen LogP contribution in [-0.4, -0.2) is 13.7 Å². The molecular formula is C16H16Br2FNO. The van der Waals surface area contributed by atoms with Crippen LogP contribution in [0.3, 0.4) is 0 Å². The fraction of sp³-hybridized carbons (Fsp3) is 0.250. The zero-order valence-electron chi connectivity index (χ0n) is 11.8. The quantitative estimate of drug-likeness (QED) is 0.735. The molecule has 21 heavy (non-hydrogen) atoms. The Kier molecular flexibility index (Phi) is 5.79. The molecule has 0 spiro atoms. The van der Waals surface area contributed by atoms with Crippen molar-refractivity contribution in [2.75, 3.05) is 13.7 Å². The third kappa shape index (κ3) is 3.84. The highest BCUT2D eigenvalue weighted by Crippen LogP contribution is 2.33. The van der Waals surface area contributed by atoms with Crippen molar-refractivity contribution in [3.05, 3.63) is 62.3 Å². The molecule has 0 saturated carbocycles. The lowest BCUT2D eigenvalue weighted by Crippen LogP contribution is -2.23. The smallest absolute Gasteiger partial charge is 0.132 e. The molecule has 1 unspecified atom stereocenters. The normalized spacial score (nSPS) is 12.2. The molecule has 2 aromatic rings. The van der Waals surface area contributed by atoms with Crippen LogP contribution in [0.2, 0.25) is 0 Å². The Morgan fingerprint density at radius 2 is 1.86 bits per heavy atom. The van der Waals surface area contributed by atoms with Crippen molar-refractivity contribution < 1.29 is 9.13 Å². The zero-order valence-corrected chi connectivity index (χ0v) is 15.0. The van der Waals surface area contributed by atoms with Crippen LogP contribution < -0.4 is 10.1 Å². The van der Waals surface area contributed by atoms with Gasteiger partial charge in [0.05, 0.1) is 13.2 Å². The van der Waals surface area contributed by atoms with E-state index in [1.807, 2.05) is 25.1 Å². The molecule has 0 amide bonds. The van der Waals surface area contributed by atoms with E-state index in [0.717, 1.165) is 21.1 Å². The Balaban J connectivity index is 2.48. The predicted molar refractivity (Wildman–Crippen MR) is 90.3 cm³/mol. The average molecular weight is 417 g/mol. The summed E-state index contributed by atoms with van der Waals surface area (Å²) in [6.45, 7) is 2.74. The predicted octanol–water partition coefficient (Wildman–Crippen LogP) is 5.06. The number of rotatable bonds is 5. The van der Waals surface area contributed by atoms with Crippen molar-refractivity contribution in [1.29, 1.82) is 0 Å². The van der Waals surface area contributed by atoms with Gasteiger partial charge in [-0.05, 0) is 30.3 Å². The van der Waals surface area contributed by atoms with E-state index in [4.69, 9.17) is 4.74 Å². The van der Waals surface area contributed by atoms with Crippen molar-refractivity contribution >= 4 is 31.9 Å². The van der Waals surface area contributed by atoms with Crippen molar-refractivity contribution in [1.82, 2.24) is 5.32 Å². The third-order valence-corrected chi connectivity index (χ3v) is 4.38. The first-order valence-electron chi connectivity index (χ1n) is 6.58. The molecule has 0 aromatic heterocycles. The van der Waals surface area contributed by atoms with E-state index in [1.54, 1.807) is 12.1 Å². The highest BCUT2D eigenvalue weighted by Gasteiger charge is 2.19. The maximum atomic E-state index is 14.4. The summed E-state index contributed by atoms with van der Waals surface area (Å²) in [6, 6.07) is 10.6. The number of halogens is 3. The molecule has 0 aliphatic carbocycles. The SMILES string of the molecule is CCNC(c1ccc(OC)cc1F)c1ccc(Br)cc1Br. The van der Waals surface area contributed by atoms with E-state index >= 15 is 0 Å². The molecule has 5 heteroatoms. The van der Waals surface area contributed by atoms with E-state index in [0.29, 0.717) is 11.3 Å². The van der Waals surface area contributed by atoms with Gasteiger partial charge in [-0.1, -0.05) is 50.9 Å². The molecule has 0 saturated heterocycles. The summed E-state index contributed by atoms with van der Waals surface area (Å²) in [5.74, 6) is 0.233. The Morgan fingerprint density at radius 3 is 2.43 bits per heavy atom. The molecule has 0 aliphatic heterocycles. The summed E-state index contributed by atoms with van der Waals surface area (Å²) < 4.78 is 21.3. The second-order valence-electron chi connectivity index (χ2n) is 4.54. The number of ether oxygens (including phenoxy) is 1. The fourth-order valence-electron chi connectivity index (χ4n) is 2.20. The van der Waals surface area contributed by atoms with Crippen LogP contribution in [-0.2, 0) is 0 Å². The minimum absolute atomic E-state index is 0.219. The molecular weight excluding hydrogens is 401 g/mol. The molecule has 2 rings (SSSR count). The highest BCUT2D eigenvalue weighted by atomic mass is 79.9. The van der Waals surface area contributed by atoms with Gasteiger partial charge in [0.25, 0.3) is 0 Å². The van der Waals surface area contributed by atoms with Gasteiger partial charge in [0.2, 0.25) is 0 Å². The van der Waals surface area contributed by atoms with Gasteiger partial charge in [-0.2, -0.15) is 0 Å². The Morgan fingerprint density at radius 1 is 1.14 bits per heavy atom. The topological polar surface area (TPSA) is 21.3 Å². The fourth-order valence-corrected chi connectivity index (χ4v) is 3.47. The van der Waals surface area contributed by atoms with Gasteiger partial charge >= 0.3 is 0 Å². The number of benzene rings is 2. The van der Waals surface area contributed by atoms with Crippen molar-refractivity contribution in [3.63, 3.8) is 0 Å². The highest BCUT2D eigenvalue weighted by molar-refractivity contribution is 9.11. The van der Waals surface area contributed by atoms with E-state index in [-0.39, 0.29) is 11.9 Å². The second kappa shape index (κ2) is 7.38. The molecule has 0 aliphatic rings. The summed E-state index contributed by atoms with van der Waals surface area (Å²) in [6.07, 6.45) is 0. The first kappa shape index (κ1) is 16.5. The Bertz CT molecular complexity index is 634. The van der Waals surface area contributed by atoms with E-state index in [1.165, 1.54) is 13.2 Å². The third-order valence-electron chi connectivity index (χ3n) is 3.20. The van der Waals surface area contributed by atoms with Gasteiger partial charge < -0.3 is 10.1 Å². The minimum Gasteiger partial charge on any atom is -0.497 e. The van der Waals surface area contributed by atoms with Crippen LogP contribution >= 0.6 is 31.9 Å². The van der Waals surface area contributed by atoms with Crippen molar-refractivity contribution in [3.8, 4) is 5.75 Å². The van der Waals surface area contributed by atoms with Gasteiger partial charge in [-0.3, -0.25) is 0 Å². The number of methoxy groups -OCH3 is 1. The lowest BCUT2D eigenvalue weighted by atomic mass is 9.98. The van der Waals surface area contributed by atoms with Crippen LogP contribution in [0.25, 0.3) is 0 Å². The molecule has 2 aromatic carbocycles. The molecule has 1 N–H and O–H groups in total. The maximum absolute atomic E-state index is 14.4. The molecule has 0 radical (unpaired) electrons. The number of nitrogens with one attached hydrogen (secondary N) is 1. The second-order valence-corrected chi connectivity index (χ2v) is 6.31. The molecule has 1 atom stereocenters. The van der Waals surface area contributed by atoms with Crippen molar-refractivity contribution in [2.24, 2.45) is 0 Å². The van der Waals surface area contributed by atoms with E-state index < -0.39 is 0 Å². The van der Waals surface area contributed by atoms with Gasteiger partial charge in [0.1, 0.15) is 11.6 Å². The lowest BCUT2D eigenvalue weighted by molar-refractivity contribution is 0.410. The number of hydrogen-bond donors (Lipinski definition) is 1. The van der Waals surface area contributed by atoms with Gasteiger partial charge in [-0.25, -0.2) is 4.39 Å². The number of hydrogen-bond acceptors (Lipinski definition) is 2. The molecule has 0 fully saturated rings. The van der Waals surface area contributed by atoms with Gasteiger partial charge in [0, 0.05) is 20.6 Å². The molecule has 112 valence electrons. The van der Waals surface area contributed by atoms with Crippen molar-refractivity contribution in [2.45, 2.75) is 13.0 Å². The first-order valence-corrected chi connectivity index (χ1v) is 8.17. The summed E-state index contributed by atoms with van der Waals surface area (Å²) in [7, 11) is 1.53. The monoisotopic (exact) mass is 415 g/mol. The van der Waals surface area contributed by atoms with Crippen LogP contribution in [0.5, 0.6) is 5.75 Å². The summed E-state index contributed by atoms with van der Waals surface area (Å²) in [4.78, 5) is 0. The van der Waals surface area contributed by atoms with Crippen LogP contribution in [0, 0.1) is 5.82 Å². The minimum atomic E-state index is -0.282. The Hall–Kier alpha value is -0.910. The summed E-state index contributed by atoms with van der Waals surface area (Å²) in [5, 5.41) is 3.33. The first-order chi connectivity index (χ1) is 10.1. The molecule has 0 heterocycles.